The predicted molar refractivity (Wildman–Crippen MR) is 73.6 cm³/mol. The van der Waals surface area contributed by atoms with Crippen LogP contribution >= 0.6 is 12.2 Å². The fraction of sp³-hybridized carbons (Fsp3) is 0.214. The van der Waals surface area contributed by atoms with Crippen LogP contribution in [0.1, 0.15) is 12.5 Å². The molecule has 0 radical (unpaired) electrons. The van der Waals surface area contributed by atoms with Crippen molar-refractivity contribution in [1.82, 2.24) is 0 Å². The molecule has 0 unspecified atom stereocenters. The molecule has 0 fully saturated rings. The molecule has 0 heterocycles. The molecule has 16 heavy (non-hydrogen) atoms. The lowest BCUT2D eigenvalue weighted by atomic mass is 9.98. The van der Waals surface area contributed by atoms with E-state index in [0.717, 1.165) is 6.42 Å². The molecular weight excluding hydrogens is 214 g/mol. The lowest BCUT2D eigenvalue weighted by Gasteiger charge is -2.10. The maximum absolute atomic E-state index is 5.63. The minimum Gasteiger partial charge on any atom is -0.393 e. The summed E-state index contributed by atoms with van der Waals surface area (Å²) < 4.78 is 0. The Morgan fingerprint density at radius 2 is 1.88 bits per heavy atom. The molecule has 1 nitrogen and oxygen atoms in total. The molecule has 2 aromatic rings. The van der Waals surface area contributed by atoms with Crippen LogP contribution in [0.25, 0.3) is 10.8 Å². The smallest absolute Gasteiger partial charge is 0.0759 e. The van der Waals surface area contributed by atoms with E-state index in [2.05, 4.69) is 49.4 Å². The van der Waals surface area contributed by atoms with Gasteiger partial charge in [-0.05, 0) is 22.8 Å². The second-order valence-electron chi connectivity index (χ2n) is 4.19. The third-order valence-electron chi connectivity index (χ3n) is 2.84. The molecule has 2 heteroatoms. The van der Waals surface area contributed by atoms with Crippen LogP contribution in [0.3, 0.4) is 0 Å². The van der Waals surface area contributed by atoms with Crippen molar-refractivity contribution in [3.63, 3.8) is 0 Å². The summed E-state index contributed by atoms with van der Waals surface area (Å²) in [7, 11) is 0. The van der Waals surface area contributed by atoms with Crippen LogP contribution in [0.2, 0.25) is 0 Å². The van der Waals surface area contributed by atoms with Gasteiger partial charge >= 0.3 is 0 Å². The highest BCUT2D eigenvalue weighted by atomic mass is 32.1. The molecule has 0 aliphatic rings. The van der Waals surface area contributed by atoms with Crippen LogP contribution in [0.15, 0.2) is 42.5 Å². The van der Waals surface area contributed by atoms with Gasteiger partial charge in [0.05, 0.1) is 4.99 Å². The summed E-state index contributed by atoms with van der Waals surface area (Å²) in [5.74, 6) is 0.260. The van der Waals surface area contributed by atoms with Crippen molar-refractivity contribution >= 4 is 28.0 Å². The summed E-state index contributed by atoms with van der Waals surface area (Å²) in [4.78, 5) is 0.591. The van der Waals surface area contributed by atoms with E-state index in [1.165, 1.54) is 16.3 Å². The zero-order valence-corrected chi connectivity index (χ0v) is 10.1. The van der Waals surface area contributed by atoms with E-state index in [9.17, 15) is 0 Å². The number of thiocarbonyl (C=S) groups is 1. The summed E-state index contributed by atoms with van der Waals surface area (Å²) in [5, 5.41) is 2.55. The zero-order chi connectivity index (χ0) is 11.5. The summed E-state index contributed by atoms with van der Waals surface area (Å²) in [6.07, 6.45) is 0.917. The molecule has 2 rings (SSSR count). The van der Waals surface area contributed by atoms with Gasteiger partial charge in [0.2, 0.25) is 0 Å². The second-order valence-corrected chi connectivity index (χ2v) is 4.66. The second kappa shape index (κ2) is 4.62. The molecule has 0 saturated heterocycles. The van der Waals surface area contributed by atoms with Crippen molar-refractivity contribution in [3.8, 4) is 0 Å². The van der Waals surface area contributed by atoms with Crippen LogP contribution in [-0.4, -0.2) is 4.99 Å². The van der Waals surface area contributed by atoms with Gasteiger partial charge in [0.25, 0.3) is 0 Å². The first-order valence-electron chi connectivity index (χ1n) is 5.44. The van der Waals surface area contributed by atoms with Crippen LogP contribution in [0.5, 0.6) is 0 Å². The van der Waals surface area contributed by atoms with Gasteiger partial charge in [-0.15, -0.1) is 0 Å². The third-order valence-corrected chi connectivity index (χ3v) is 3.24. The third kappa shape index (κ3) is 2.39. The first kappa shape index (κ1) is 11.1. The predicted octanol–water partition coefficient (Wildman–Crippen LogP) is 3.30. The van der Waals surface area contributed by atoms with Crippen LogP contribution in [0.4, 0.5) is 0 Å². The van der Waals surface area contributed by atoms with Gasteiger partial charge in [-0.1, -0.05) is 61.6 Å². The molecular formula is C14H15NS. The molecule has 82 valence electrons. The van der Waals surface area contributed by atoms with Crippen LogP contribution in [-0.2, 0) is 6.42 Å². The SMILES string of the molecule is C[C@H](Cc1ccc2ccccc2c1)C(N)=S. The Hall–Kier alpha value is -1.41. The summed E-state index contributed by atoms with van der Waals surface area (Å²) >= 11 is 4.99. The molecule has 1 atom stereocenters. The average Bonchev–Trinajstić information content (AvgIpc) is 2.28. The molecule has 0 saturated carbocycles. The van der Waals surface area contributed by atoms with Gasteiger partial charge in [0.15, 0.2) is 0 Å². The highest BCUT2D eigenvalue weighted by molar-refractivity contribution is 7.80. The first-order valence-corrected chi connectivity index (χ1v) is 5.84. The molecule has 0 aliphatic carbocycles. The maximum Gasteiger partial charge on any atom is 0.0759 e. The van der Waals surface area contributed by atoms with E-state index in [1.54, 1.807) is 0 Å². The molecule has 0 aromatic heterocycles. The van der Waals surface area contributed by atoms with Gasteiger partial charge in [-0.2, -0.15) is 0 Å². The van der Waals surface area contributed by atoms with Gasteiger partial charge in [-0.25, -0.2) is 0 Å². The molecule has 0 aliphatic heterocycles. The molecule has 0 bridgehead atoms. The van der Waals surface area contributed by atoms with Crippen molar-refractivity contribution in [2.75, 3.05) is 0 Å². The van der Waals surface area contributed by atoms with Crippen LogP contribution in [0, 0.1) is 5.92 Å². The Labute approximate surface area is 101 Å². The largest absolute Gasteiger partial charge is 0.393 e. The maximum atomic E-state index is 5.63. The number of rotatable bonds is 3. The first-order chi connectivity index (χ1) is 7.66. The lowest BCUT2D eigenvalue weighted by molar-refractivity contribution is 0.772. The monoisotopic (exact) mass is 229 g/mol. The van der Waals surface area contributed by atoms with Crippen molar-refractivity contribution < 1.29 is 0 Å². The number of hydrogen-bond donors (Lipinski definition) is 1. The van der Waals surface area contributed by atoms with E-state index in [0.29, 0.717) is 4.99 Å². The van der Waals surface area contributed by atoms with Gasteiger partial charge in [0, 0.05) is 5.92 Å². The minimum absolute atomic E-state index is 0.260. The highest BCUT2D eigenvalue weighted by Crippen LogP contribution is 2.17. The summed E-state index contributed by atoms with van der Waals surface area (Å²) in [6, 6.07) is 14.9. The van der Waals surface area contributed by atoms with E-state index in [4.69, 9.17) is 18.0 Å². The van der Waals surface area contributed by atoms with Crippen molar-refractivity contribution in [1.29, 1.82) is 0 Å². The number of hydrogen-bond acceptors (Lipinski definition) is 1. The fourth-order valence-corrected chi connectivity index (χ4v) is 1.90. The van der Waals surface area contributed by atoms with Gasteiger partial charge in [0.1, 0.15) is 0 Å². The summed E-state index contributed by atoms with van der Waals surface area (Å²) in [5.41, 5.74) is 6.92. The Kier molecular flexibility index (Phi) is 3.20. The zero-order valence-electron chi connectivity index (χ0n) is 9.31. The van der Waals surface area contributed by atoms with Crippen molar-refractivity contribution in [3.05, 3.63) is 48.0 Å². The van der Waals surface area contributed by atoms with E-state index in [-0.39, 0.29) is 5.92 Å². The molecule has 2 aromatic carbocycles. The number of benzene rings is 2. The quantitative estimate of drug-likeness (QED) is 0.817. The van der Waals surface area contributed by atoms with E-state index >= 15 is 0 Å². The fourth-order valence-electron chi connectivity index (χ4n) is 1.82. The molecule has 0 amide bonds. The highest BCUT2D eigenvalue weighted by Gasteiger charge is 2.06. The van der Waals surface area contributed by atoms with Crippen molar-refractivity contribution in [2.45, 2.75) is 13.3 Å². The van der Waals surface area contributed by atoms with Gasteiger partial charge < -0.3 is 5.73 Å². The van der Waals surface area contributed by atoms with E-state index in [1.807, 2.05) is 0 Å². The molecule has 0 spiro atoms. The van der Waals surface area contributed by atoms with Crippen LogP contribution < -0.4 is 5.73 Å². The average molecular weight is 229 g/mol. The lowest BCUT2D eigenvalue weighted by Crippen LogP contribution is -2.20. The standard InChI is InChI=1S/C14H15NS/c1-10(14(15)16)8-11-6-7-12-4-2-3-5-13(12)9-11/h2-7,9-10H,8H2,1H3,(H2,15,16)/t10-/m1/s1. The Morgan fingerprint density at radius 1 is 1.19 bits per heavy atom. The van der Waals surface area contributed by atoms with E-state index < -0.39 is 0 Å². The number of nitrogens with two attached hydrogens (primary N) is 1. The molecule has 2 N–H and O–H groups in total. The topological polar surface area (TPSA) is 26.0 Å². The Morgan fingerprint density at radius 3 is 2.56 bits per heavy atom. The summed E-state index contributed by atoms with van der Waals surface area (Å²) in [6.45, 7) is 2.07. The Balaban J connectivity index is 2.29. The number of fused-ring (bicyclic) bond motifs is 1. The minimum atomic E-state index is 0.260. The Bertz CT molecular complexity index is 519. The normalized spacial score (nSPS) is 12.6. The van der Waals surface area contributed by atoms with Gasteiger partial charge in [-0.3, -0.25) is 0 Å². The van der Waals surface area contributed by atoms with Crippen molar-refractivity contribution in [2.24, 2.45) is 11.7 Å².